The lowest BCUT2D eigenvalue weighted by Crippen LogP contribution is -2.32. The van der Waals surface area contributed by atoms with Crippen LogP contribution >= 0.6 is 0 Å². The number of ether oxygens (including phenoxy) is 2. The minimum atomic E-state index is -3.70. The highest BCUT2D eigenvalue weighted by atomic mass is 32.2. The molecule has 1 aromatic carbocycles. The van der Waals surface area contributed by atoms with E-state index in [1.54, 1.807) is 31.4 Å². The normalized spacial score (nSPS) is 19.0. The zero-order chi connectivity index (χ0) is 15.5. The average molecular weight is 314 g/mol. The number of carbonyl (C=O) groups excluding carboxylic acids is 1. The topological polar surface area (TPSA) is 98.9 Å². The van der Waals surface area contributed by atoms with Crippen molar-refractivity contribution in [2.24, 2.45) is 5.14 Å². The smallest absolute Gasteiger partial charge is 0.228 e. The number of carbonyl (C=O) groups is 1. The maximum Gasteiger partial charge on any atom is 0.228 e. The molecule has 1 saturated heterocycles. The molecule has 0 saturated carbocycles. The summed E-state index contributed by atoms with van der Waals surface area (Å²) in [6.07, 6.45) is -0.0784. The predicted molar refractivity (Wildman–Crippen MR) is 77.7 cm³/mol. The standard InChI is InChI=1S/C13H18N2O5S/c1-19-6-7-20-11-4-2-10(3-5-11)15-9-12(8-13(15)16)21(14,17)18/h2-5,12H,6-9H2,1H3,(H2,14,17,18). The van der Waals surface area contributed by atoms with E-state index < -0.39 is 15.3 Å². The fraction of sp³-hybridized carbons (Fsp3) is 0.462. The first-order valence-corrected chi connectivity index (χ1v) is 8.06. The average Bonchev–Trinajstić information content (AvgIpc) is 2.82. The lowest BCUT2D eigenvalue weighted by Gasteiger charge is -2.16. The van der Waals surface area contributed by atoms with E-state index in [0.717, 1.165) is 0 Å². The Kier molecular flexibility index (Phi) is 4.81. The van der Waals surface area contributed by atoms with Gasteiger partial charge in [-0.1, -0.05) is 0 Å². The Morgan fingerprint density at radius 2 is 1.95 bits per heavy atom. The van der Waals surface area contributed by atoms with E-state index in [4.69, 9.17) is 14.6 Å². The Labute approximate surface area is 123 Å². The molecule has 1 aliphatic heterocycles. The van der Waals surface area contributed by atoms with Gasteiger partial charge in [0.1, 0.15) is 17.6 Å². The summed E-state index contributed by atoms with van der Waals surface area (Å²) in [5.74, 6) is 0.410. The van der Waals surface area contributed by atoms with E-state index in [1.807, 2.05) is 0 Å². The summed E-state index contributed by atoms with van der Waals surface area (Å²) < 4.78 is 32.9. The first-order valence-electron chi connectivity index (χ1n) is 6.45. The second-order valence-electron chi connectivity index (χ2n) is 4.75. The molecule has 1 aromatic rings. The Bertz CT molecular complexity index is 599. The molecule has 1 amide bonds. The second kappa shape index (κ2) is 6.42. The monoisotopic (exact) mass is 314 g/mol. The van der Waals surface area contributed by atoms with Gasteiger partial charge in [-0.2, -0.15) is 0 Å². The first kappa shape index (κ1) is 15.7. The third-order valence-electron chi connectivity index (χ3n) is 3.26. The van der Waals surface area contributed by atoms with Gasteiger partial charge < -0.3 is 14.4 Å². The van der Waals surface area contributed by atoms with Gasteiger partial charge in [-0.05, 0) is 24.3 Å². The van der Waals surface area contributed by atoms with Gasteiger partial charge >= 0.3 is 0 Å². The van der Waals surface area contributed by atoms with Gasteiger partial charge in [-0.15, -0.1) is 0 Å². The molecular formula is C13H18N2O5S. The third kappa shape index (κ3) is 3.93. The number of benzene rings is 1. The minimum Gasteiger partial charge on any atom is -0.491 e. The fourth-order valence-corrected chi connectivity index (χ4v) is 2.84. The van der Waals surface area contributed by atoms with Crippen LogP contribution in [0.3, 0.4) is 0 Å². The van der Waals surface area contributed by atoms with E-state index in [-0.39, 0.29) is 18.9 Å². The molecule has 2 rings (SSSR count). The SMILES string of the molecule is COCCOc1ccc(N2CC(S(N)(=O)=O)CC2=O)cc1. The molecule has 21 heavy (non-hydrogen) atoms. The Hall–Kier alpha value is -1.64. The summed E-state index contributed by atoms with van der Waals surface area (Å²) >= 11 is 0. The molecule has 1 fully saturated rings. The van der Waals surface area contributed by atoms with Crippen molar-refractivity contribution in [3.05, 3.63) is 24.3 Å². The van der Waals surface area contributed by atoms with E-state index in [9.17, 15) is 13.2 Å². The number of primary sulfonamides is 1. The Morgan fingerprint density at radius 3 is 2.48 bits per heavy atom. The summed E-state index contributed by atoms with van der Waals surface area (Å²) in [5, 5.41) is 4.25. The number of nitrogens with zero attached hydrogens (tertiary/aromatic N) is 1. The summed E-state index contributed by atoms with van der Waals surface area (Å²) in [6, 6.07) is 6.88. The highest BCUT2D eigenvalue weighted by Gasteiger charge is 2.37. The highest BCUT2D eigenvalue weighted by molar-refractivity contribution is 7.89. The van der Waals surface area contributed by atoms with Gasteiger partial charge in [0.05, 0.1) is 6.61 Å². The lowest BCUT2D eigenvalue weighted by molar-refractivity contribution is -0.117. The van der Waals surface area contributed by atoms with Gasteiger partial charge in [-0.25, -0.2) is 13.6 Å². The number of nitrogens with two attached hydrogens (primary N) is 1. The quantitative estimate of drug-likeness (QED) is 0.751. The first-order chi connectivity index (χ1) is 9.91. The van der Waals surface area contributed by atoms with Gasteiger partial charge in [0.15, 0.2) is 0 Å². The fourth-order valence-electron chi connectivity index (χ4n) is 2.11. The van der Waals surface area contributed by atoms with Crippen LogP contribution in [0.1, 0.15) is 6.42 Å². The molecule has 2 N–H and O–H groups in total. The molecule has 1 unspecified atom stereocenters. The number of methoxy groups -OCH3 is 1. The molecular weight excluding hydrogens is 296 g/mol. The Balaban J connectivity index is 2.04. The number of anilines is 1. The number of amides is 1. The second-order valence-corrected chi connectivity index (χ2v) is 6.60. The summed E-state index contributed by atoms with van der Waals surface area (Å²) in [6.45, 7) is 1.01. The van der Waals surface area contributed by atoms with Crippen molar-refractivity contribution in [3.63, 3.8) is 0 Å². The van der Waals surface area contributed by atoms with Gasteiger partial charge in [0.25, 0.3) is 0 Å². The third-order valence-corrected chi connectivity index (χ3v) is 4.50. The van der Waals surface area contributed by atoms with Crippen molar-refractivity contribution in [2.75, 3.05) is 31.8 Å². The molecule has 8 heteroatoms. The summed E-state index contributed by atoms with van der Waals surface area (Å²) in [7, 11) is -2.11. The maximum atomic E-state index is 11.9. The number of hydrogen-bond acceptors (Lipinski definition) is 5. The molecule has 0 aliphatic carbocycles. The van der Waals surface area contributed by atoms with Crippen LogP contribution in [-0.4, -0.2) is 46.4 Å². The molecule has 7 nitrogen and oxygen atoms in total. The number of rotatable bonds is 6. The molecule has 1 heterocycles. The molecule has 0 aromatic heterocycles. The summed E-state index contributed by atoms with van der Waals surface area (Å²) in [5.41, 5.74) is 0.630. The van der Waals surface area contributed by atoms with E-state index >= 15 is 0 Å². The number of hydrogen-bond donors (Lipinski definition) is 1. The van der Waals surface area contributed by atoms with Crippen LogP contribution < -0.4 is 14.8 Å². The van der Waals surface area contributed by atoms with E-state index in [0.29, 0.717) is 24.7 Å². The number of sulfonamides is 1. The van der Waals surface area contributed by atoms with Crippen LogP contribution in [-0.2, 0) is 19.6 Å². The molecule has 0 radical (unpaired) electrons. The highest BCUT2D eigenvalue weighted by Crippen LogP contribution is 2.26. The largest absolute Gasteiger partial charge is 0.491 e. The van der Waals surface area contributed by atoms with Crippen LogP contribution in [0.5, 0.6) is 5.75 Å². The molecule has 0 bridgehead atoms. The van der Waals surface area contributed by atoms with Crippen molar-refractivity contribution in [3.8, 4) is 5.75 Å². The van der Waals surface area contributed by atoms with Crippen LogP contribution in [0, 0.1) is 0 Å². The lowest BCUT2D eigenvalue weighted by atomic mass is 10.3. The molecule has 1 atom stereocenters. The van der Waals surface area contributed by atoms with Crippen LogP contribution in [0.15, 0.2) is 24.3 Å². The van der Waals surface area contributed by atoms with E-state index in [2.05, 4.69) is 0 Å². The van der Waals surface area contributed by atoms with Gasteiger partial charge in [0.2, 0.25) is 15.9 Å². The van der Waals surface area contributed by atoms with Crippen molar-refractivity contribution in [1.82, 2.24) is 0 Å². The van der Waals surface area contributed by atoms with E-state index in [1.165, 1.54) is 4.90 Å². The van der Waals surface area contributed by atoms with Crippen molar-refractivity contribution in [1.29, 1.82) is 0 Å². The summed E-state index contributed by atoms with van der Waals surface area (Å²) in [4.78, 5) is 13.3. The van der Waals surface area contributed by atoms with Crippen molar-refractivity contribution >= 4 is 21.6 Å². The van der Waals surface area contributed by atoms with Crippen molar-refractivity contribution in [2.45, 2.75) is 11.7 Å². The minimum absolute atomic E-state index is 0.0784. The molecule has 0 spiro atoms. The van der Waals surface area contributed by atoms with Crippen LogP contribution in [0.25, 0.3) is 0 Å². The Morgan fingerprint density at radius 1 is 1.29 bits per heavy atom. The maximum absolute atomic E-state index is 11.9. The zero-order valence-electron chi connectivity index (χ0n) is 11.7. The van der Waals surface area contributed by atoms with Crippen LogP contribution in [0.4, 0.5) is 5.69 Å². The zero-order valence-corrected chi connectivity index (χ0v) is 12.5. The predicted octanol–water partition coefficient (Wildman–Crippen LogP) is 0.106. The molecule has 1 aliphatic rings. The van der Waals surface area contributed by atoms with Crippen LogP contribution in [0.2, 0.25) is 0 Å². The molecule has 116 valence electrons. The van der Waals surface area contributed by atoms with Gasteiger partial charge in [0, 0.05) is 25.8 Å². The van der Waals surface area contributed by atoms with Crippen molar-refractivity contribution < 1.29 is 22.7 Å². The van der Waals surface area contributed by atoms with Gasteiger partial charge in [-0.3, -0.25) is 4.79 Å².